The van der Waals surface area contributed by atoms with Crippen LogP contribution in [0.4, 0.5) is 18.9 Å². The molecule has 1 heterocycles. The summed E-state index contributed by atoms with van der Waals surface area (Å²) >= 11 is 0. The second kappa shape index (κ2) is 5.63. The molecule has 0 aliphatic rings. The molecule has 1 aromatic carbocycles. The Morgan fingerprint density at radius 3 is 2.38 bits per heavy atom. The van der Waals surface area contributed by atoms with Crippen molar-refractivity contribution in [1.29, 1.82) is 0 Å². The highest BCUT2D eigenvalue weighted by Gasteiger charge is 2.31. The van der Waals surface area contributed by atoms with Crippen LogP contribution in [0.2, 0.25) is 0 Å². The standard InChI is InChI=1S/C15H15F3N2O/c1-9(2)21-14-6-3-10(8-20-14)12-7-11(15(16,17)18)4-5-13(12)19/h3-9H,19H2,1-2H3. The van der Waals surface area contributed by atoms with Gasteiger partial charge in [0.1, 0.15) is 0 Å². The molecule has 0 unspecified atom stereocenters. The summed E-state index contributed by atoms with van der Waals surface area (Å²) in [7, 11) is 0. The van der Waals surface area contributed by atoms with Crippen molar-refractivity contribution in [2.75, 3.05) is 5.73 Å². The van der Waals surface area contributed by atoms with Gasteiger partial charge in [-0.25, -0.2) is 4.98 Å². The molecule has 0 aliphatic carbocycles. The molecule has 2 aromatic rings. The van der Waals surface area contributed by atoms with Gasteiger partial charge in [0.25, 0.3) is 0 Å². The van der Waals surface area contributed by atoms with Crippen molar-refractivity contribution in [3.05, 3.63) is 42.1 Å². The lowest BCUT2D eigenvalue weighted by molar-refractivity contribution is -0.137. The maximum atomic E-state index is 12.7. The number of nitrogens with two attached hydrogens (primary N) is 1. The van der Waals surface area contributed by atoms with E-state index in [0.29, 0.717) is 17.0 Å². The number of halogens is 3. The molecule has 0 radical (unpaired) electrons. The molecule has 21 heavy (non-hydrogen) atoms. The highest BCUT2D eigenvalue weighted by molar-refractivity contribution is 5.76. The molecule has 0 bridgehead atoms. The summed E-state index contributed by atoms with van der Waals surface area (Å²) in [5, 5.41) is 0. The number of hydrogen-bond acceptors (Lipinski definition) is 3. The summed E-state index contributed by atoms with van der Waals surface area (Å²) in [6, 6.07) is 6.47. The number of nitrogens with zero attached hydrogens (tertiary/aromatic N) is 1. The normalized spacial score (nSPS) is 11.7. The summed E-state index contributed by atoms with van der Waals surface area (Å²) in [5.41, 5.74) is 6.09. The predicted octanol–water partition coefficient (Wildman–Crippen LogP) is 4.14. The SMILES string of the molecule is CC(C)Oc1ccc(-c2cc(C(F)(F)F)ccc2N)cn1. The summed E-state index contributed by atoms with van der Waals surface area (Å²) < 4.78 is 43.6. The number of anilines is 1. The van der Waals surface area contributed by atoms with E-state index in [1.807, 2.05) is 13.8 Å². The minimum Gasteiger partial charge on any atom is -0.475 e. The Bertz CT molecular complexity index is 622. The minimum atomic E-state index is -4.41. The lowest BCUT2D eigenvalue weighted by Crippen LogP contribution is -2.07. The van der Waals surface area contributed by atoms with Crippen LogP contribution in [0.25, 0.3) is 11.1 Å². The van der Waals surface area contributed by atoms with E-state index in [1.54, 1.807) is 12.1 Å². The average molecular weight is 296 g/mol. The Labute approximate surface area is 120 Å². The minimum absolute atomic E-state index is 0.0259. The fourth-order valence-electron chi connectivity index (χ4n) is 1.83. The Balaban J connectivity index is 2.37. The second-order valence-electron chi connectivity index (χ2n) is 4.85. The number of nitrogen functional groups attached to an aromatic ring is 1. The third kappa shape index (κ3) is 3.65. The zero-order chi connectivity index (χ0) is 15.6. The van der Waals surface area contributed by atoms with E-state index < -0.39 is 11.7 Å². The van der Waals surface area contributed by atoms with E-state index in [1.165, 1.54) is 12.3 Å². The van der Waals surface area contributed by atoms with Crippen LogP contribution in [0.3, 0.4) is 0 Å². The molecule has 0 amide bonds. The quantitative estimate of drug-likeness (QED) is 0.866. The van der Waals surface area contributed by atoms with E-state index in [0.717, 1.165) is 12.1 Å². The van der Waals surface area contributed by atoms with Crippen molar-refractivity contribution in [2.24, 2.45) is 0 Å². The van der Waals surface area contributed by atoms with Gasteiger partial charge >= 0.3 is 6.18 Å². The van der Waals surface area contributed by atoms with Crippen LogP contribution in [0.5, 0.6) is 5.88 Å². The first-order chi connectivity index (χ1) is 9.77. The summed E-state index contributed by atoms with van der Waals surface area (Å²) in [5.74, 6) is 0.416. The molecule has 0 saturated carbocycles. The molecule has 0 saturated heterocycles. The Kier molecular flexibility index (Phi) is 4.06. The van der Waals surface area contributed by atoms with Crippen molar-refractivity contribution in [3.63, 3.8) is 0 Å². The molecular formula is C15H15F3N2O. The fourth-order valence-corrected chi connectivity index (χ4v) is 1.83. The lowest BCUT2D eigenvalue weighted by Gasteiger charge is -2.12. The smallest absolute Gasteiger partial charge is 0.416 e. The monoisotopic (exact) mass is 296 g/mol. The molecular weight excluding hydrogens is 281 g/mol. The topological polar surface area (TPSA) is 48.1 Å². The van der Waals surface area contributed by atoms with E-state index >= 15 is 0 Å². The van der Waals surface area contributed by atoms with Gasteiger partial charge in [-0.05, 0) is 38.1 Å². The summed E-state index contributed by atoms with van der Waals surface area (Å²) in [4.78, 5) is 4.07. The van der Waals surface area contributed by atoms with Crippen molar-refractivity contribution in [1.82, 2.24) is 4.98 Å². The number of benzene rings is 1. The van der Waals surface area contributed by atoms with Gasteiger partial charge in [0.2, 0.25) is 5.88 Å². The van der Waals surface area contributed by atoms with Crippen molar-refractivity contribution >= 4 is 5.69 Å². The number of hydrogen-bond donors (Lipinski definition) is 1. The number of rotatable bonds is 3. The van der Waals surface area contributed by atoms with Gasteiger partial charge in [-0.2, -0.15) is 13.2 Å². The van der Waals surface area contributed by atoms with Gasteiger partial charge < -0.3 is 10.5 Å². The average Bonchev–Trinajstić information content (AvgIpc) is 2.38. The van der Waals surface area contributed by atoms with Crippen LogP contribution in [-0.2, 0) is 6.18 Å². The first-order valence-corrected chi connectivity index (χ1v) is 6.37. The van der Waals surface area contributed by atoms with Gasteiger partial charge in [-0.1, -0.05) is 0 Å². The first-order valence-electron chi connectivity index (χ1n) is 6.37. The van der Waals surface area contributed by atoms with Gasteiger partial charge in [0.15, 0.2) is 0 Å². The van der Waals surface area contributed by atoms with Crippen LogP contribution < -0.4 is 10.5 Å². The number of aromatic nitrogens is 1. The molecule has 0 spiro atoms. The lowest BCUT2D eigenvalue weighted by atomic mass is 10.0. The molecule has 6 heteroatoms. The highest BCUT2D eigenvalue weighted by atomic mass is 19.4. The molecule has 0 fully saturated rings. The first kappa shape index (κ1) is 15.2. The van der Waals surface area contributed by atoms with E-state index in [2.05, 4.69) is 4.98 Å². The number of pyridine rings is 1. The third-order valence-electron chi connectivity index (χ3n) is 2.78. The largest absolute Gasteiger partial charge is 0.475 e. The highest BCUT2D eigenvalue weighted by Crippen LogP contribution is 2.35. The number of ether oxygens (including phenoxy) is 1. The van der Waals surface area contributed by atoms with Gasteiger partial charge in [0.05, 0.1) is 11.7 Å². The Morgan fingerprint density at radius 2 is 1.86 bits per heavy atom. The second-order valence-corrected chi connectivity index (χ2v) is 4.85. The van der Waals surface area contributed by atoms with E-state index in [4.69, 9.17) is 10.5 Å². The predicted molar refractivity (Wildman–Crippen MR) is 74.9 cm³/mol. The zero-order valence-electron chi connectivity index (χ0n) is 11.6. The van der Waals surface area contributed by atoms with Crippen LogP contribution in [0.1, 0.15) is 19.4 Å². The third-order valence-corrected chi connectivity index (χ3v) is 2.78. The zero-order valence-corrected chi connectivity index (χ0v) is 11.6. The summed E-state index contributed by atoms with van der Waals surface area (Å²) in [6.07, 6.45) is -2.98. The Hall–Kier alpha value is -2.24. The van der Waals surface area contributed by atoms with Crippen LogP contribution in [0.15, 0.2) is 36.5 Å². The van der Waals surface area contributed by atoms with E-state index in [-0.39, 0.29) is 11.8 Å². The van der Waals surface area contributed by atoms with Crippen molar-refractivity contribution in [3.8, 4) is 17.0 Å². The summed E-state index contributed by atoms with van der Waals surface area (Å²) in [6.45, 7) is 3.72. The van der Waals surface area contributed by atoms with Crippen molar-refractivity contribution < 1.29 is 17.9 Å². The molecule has 0 aliphatic heterocycles. The molecule has 3 nitrogen and oxygen atoms in total. The molecule has 0 atom stereocenters. The molecule has 2 rings (SSSR count). The molecule has 2 N–H and O–H groups in total. The van der Waals surface area contributed by atoms with Crippen molar-refractivity contribution in [2.45, 2.75) is 26.1 Å². The number of alkyl halides is 3. The molecule has 1 aromatic heterocycles. The van der Waals surface area contributed by atoms with Gasteiger partial charge in [-0.3, -0.25) is 0 Å². The van der Waals surface area contributed by atoms with Crippen LogP contribution in [-0.4, -0.2) is 11.1 Å². The van der Waals surface area contributed by atoms with E-state index in [9.17, 15) is 13.2 Å². The molecule has 112 valence electrons. The maximum absolute atomic E-state index is 12.7. The van der Waals surface area contributed by atoms with Gasteiger partial charge in [0, 0.05) is 29.1 Å². The fraction of sp³-hybridized carbons (Fsp3) is 0.267. The maximum Gasteiger partial charge on any atom is 0.416 e. The van der Waals surface area contributed by atoms with Crippen LogP contribution >= 0.6 is 0 Å². The Morgan fingerprint density at radius 1 is 1.14 bits per heavy atom. The van der Waals surface area contributed by atoms with Crippen LogP contribution in [0, 0.1) is 0 Å². The van der Waals surface area contributed by atoms with Gasteiger partial charge in [-0.15, -0.1) is 0 Å².